The van der Waals surface area contributed by atoms with Gasteiger partial charge in [-0.1, -0.05) is 17.7 Å². The summed E-state index contributed by atoms with van der Waals surface area (Å²) in [6, 6.07) is 8.02. The second-order valence-electron chi connectivity index (χ2n) is 4.15. The van der Waals surface area contributed by atoms with Crippen molar-refractivity contribution in [1.82, 2.24) is 4.98 Å². The van der Waals surface area contributed by atoms with Crippen molar-refractivity contribution in [2.24, 2.45) is 5.73 Å². The Hall–Kier alpha value is -2.05. The molecular formula is C14H11ClN2O3S. The summed E-state index contributed by atoms with van der Waals surface area (Å²) in [5.74, 6) is -0.983. The van der Waals surface area contributed by atoms with Gasteiger partial charge in [0.15, 0.2) is 0 Å². The maximum Gasteiger partial charge on any atom is 0.337 e. The van der Waals surface area contributed by atoms with E-state index in [0.29, 0.717) is 21.4 Å². The molecule has 0 saturated heterocycles. The van der Waals surface area contributed by atoms with Crippen LogP contribution in [0.15, 0.2) is 41.6 Å². The first-order chi connectivity index (χ1) is 9.97. The molecule has 0 atom stereocenters. The van der Waals surface area contributed by atoms with Gasteiger partial charge in [0.05, 0.1) is 10.6 Å². The molecule has 0 fully saturated rings. The van der Waals surface area contributed by atoms with Crippen molar-refractivity contribution in [3.63, 3.8) is 0 Å². The predicted molar refractivity (Wildman–Crippen MR) is 80.7 cm³/mol. The van der Waals surface area contributed by atoms with E-state index in [0.717, 1.165) is 5.56 Å². The molecule has 0 spiro atoms. The van der Waals surface area contributed by atoms with E-state index < -0.39 is 11.9 Å². The molecule has 1 aromatic carbocycles. The van der Waals surface area contributed by atoms with Crippen LogP contribution in [0, 0.1) is 0 Å². The van der Waals surface area contributed by atoms with Gasteiger partial charge in [0.2, 0.25) is 5.91 Å². The molecule has 0 aliphatic carbocycles. The topological polar surface area (TPSA) is 93.3 Å². The van der Waals surface area contributed by atoms with Gasteiger partial charge in [-0.2, -0.15) is 0 Å². The summed E-state index contributed by atoms with van der Waals surface area (Å²) in [5, 5.41) is 9.94. The number of aromatic nitrogens is 1. The van der Waals surface area contributed by atoms with Crippen molar-refractivity contribution in [3.8, 4) is 0 Å². The molecule has 0 radical (unpaired) electrons. The van der Waals surface area contributed by atoms with Crippen LogP contribution in [0.2, 0.25) is 5.02 Å². The fourth-order valence-corrected chi connectivity index (χ4v) is 2.73. The highest BCUT2D eigenvalue weighted by atomic mass is 35.5. The van der Waals surface area contributed by atoms with Gasteiger partial charge in [0.25, 0.3) is 0 Å². The molecule has 1 heterocycles. The van der Waals surface area contributed by atoms with Gasteiger partial charge in [0.1, 0.15) is 0 Å². The van der Waals surface area contributed by atoms with E-state index in [-0.39, 0.29) is 5.56 Å². The van der Waals surface area contributed by atoms with Gasteiger partial charge in [-0.05, 0) is 29.8 Å². The molecule has 7 heteroatoms. The Morgan fingerprint density at radius 1 is 1.24 bits per heavy atom. The number of hydrogen-bond donors (Lipinski definition) is 2. The Morgan fingerprint density at radius 3 is 2.48 bits per heavy atom. The summed E-state index contributed by atoms with van der Waals surface area (Å²) in [5.41, 5.74) is 6.52. The van der Waals surface area contributed by atoms with E-state index in [1.807, 2.05) is 0 Å². The number of pyridine rings is 1. The van der Waals surface area contributed by atoms with E-state index in [4.69, 9.17) is 22.4 Å². The summed E-state index contributed by atoms with van der Waals surface area (Å²) in [6.45, 7) is 0. The van der Waals surface area contributed by atoms with Crippen molar-refractivity contribution in [3.05, 3.63) is 58.2 Å². The quantitative estimate of drug-likeness (QED) is 0.826. The number of rotatable bonds is 5. The molecular weight excluding hydrogens is 312 g/mol. The summed E-state index contributed by atoms with van der Waals surface area (Å²) in [4.78, 5) is 25.8. The lowest BCUT2D eigenvalue weighted by molar-refractivity contribution is 0.0696. The zero-order valence-corrected chi connectivity index (χ0v) is 12.3. The Balaban J connectivity index is 2.06. The Morgan fingerprint density at radius 2 is 1.95 bits per heavy atom. The monoisotopic (exact) mass is 322 g/mol. The smallest absolute Gasteiger partial charge is 0.337 e. The Bertz CT molecular complexity index is 689. The average molecular weight is 323 g/mol. The van der Waals surface area contributed by atoms with Crippen LogP contribution in [-0.4, -0.2) is 22.0 Å². The van der Waals surface area contributed by atoms with Crippen LogP contribution in [0.4, 0.5) is 0 Å². The fraction of sp³-hybridized carbons (Fsp3) is 0.0714. The van der Waals surface area contributed by atoms with Crippen molar-refractivity contribution in [2.75, 3.05) is 0 Å². The van der Waals surface area contributed by atoms with E-state index in [2.05, 4.69) is 4.98 Å². The SMILES string of the molecule is NC(=O)c1ccc(CSc2ccc(C(=O)O)cn2)c(Cl)c1. The molecule has 0 saturated carbocycles. The van der Waals surface area contributed by atoms with E-state index in [9.17, 15) is 9.59 Å². The number of hydrogen-bond acceptors (Lipinski definition) is 4. The van der Waals surface area contributed by atoms with E-state index >= 15 is 0 Å². The van der Waals surface area contributed by atoms with Crippen LogP contribution >= 0.6 is 23.4 Å². The summed E-state index contributed by atoms with van der Waals surface area (Å²) < 4.78 is 0. The molecule has 0 aliphatic rings. The number of halogens is 1. The molecule has 0 bridgehead atoms. The standard InChI is InChI=1S/C14H11ClN2O3S/c15-11-5-8(13(16)18)1-2-10(11)7-21-12-4-3-9(6-17-12)14(19)20/h1-6H,7H2,(H2,16,18)(H,19,20). The molecule has 0 aliphatic heterocycles. The molecule has 5 nitrogen and oxygen atoms in total. The van der Waals surface area contributed by atoms with Gasteiger partial charge in [0, 0.05) is 22.5 Å². The lowest BCUT2D eigenvalue weighted by Crippen LogP contribution is -2.10. The number of carboxylic acid groups (broad SMARTS) is 1. The largest absolute Gasteiger partial charge is 0.478 e. The minimum atomic E-state index is -1.01. The van der Waals surface area contributed by atoms with Crippen molar-refractivity contribution < 1.29 is 14.7 Å². The Labute approximate surface area is 130 Å². The van der Waals surface area contributed by atoms with Gasteiger partial charge in [-0.3, -0.25) is 4.79 Å². The van der Waals surface area contributed by atoms with E-state index in [1.165, 1.54) is 30.1 Å². The fourth-order valence-electron chi connectivity index (χ4n) is 1.56. The highest BCUT2D eigenvalue weighted by molar-refractivity contribution is 7.98. The Kier molecular flexibility index (Phi) is 4.82. The van der Waals surface area contributed by atoms with Crippen molar-refractivity contribution >= 4 is 35.2 Å². The van der Waals surface area contributed by atoms with Gasteiger partial charge < -0.3 is 10.8 Å². The molecule has 108 valence electrons. The van der Waals surface area contributed by atoms with Crippen LogP contribution in [0.3, 0.4) is 0 Å². The third-order valence-electron chi connectivity index (χ3n) is 2.70. The highest BCUT2D eigenvalue weighted by Gasteiger charge is 2.07. The average Bonchev–Trinajstić information content (AvgIpc) is 2.46. The number of amides is 1. The minimum absolute atomic E-state index is 0.142. The normalized spacial score (nSPS) is 10.3. The second-order valence-corrected chi connectivity index (χ2v) is 5.55. The first kappa shape index (κ1) is 15.3. The molecule has 3 N–H and O–H groups in total. The minimum Gasteiger partial charge on any atom is -0.478 e. The zero-order chi connectivity index (χ0) is 15.4. The lowest BCUT2D eigenvalue weighted by atomic mass is 10.1. The summed E-state index contributed by atoms with van der Waals surface area (Å²) in [7, 11) is 0. The molecule has 21 heavy (non-hydrogen) atoms. The maximum atomic E-state index is 11.0. The number of carbonyl (C=O) groups is 2. The molecule has 2 rings (SSSR count). The maximum absolute atomic E-state index is 11.0. The number of primary amides is 1. The van der Waals surface area contributed by atoms with Crippen molar-refractivity contribution in [1.29, 1.82) is 0 Å². The summed E-state index contributed by atoms with van der Waals surface area (Å²) in [6.07, 6.45) is 1.31. The molecule has 1 amide bonds. The second kappa shape index (κ2) is 6.60. The molecule has 2 aromatic rings. The van der Waals surface area contributed by atoms with Crippen LogP contribution in [-0.2, 0) is 5.75 Å². The molecule has 1 aromatic heterocycles. The number of aromatic carboxylic acids is 1. The first-order valence-corrected chi connectivity index (χ1v) is 7.24. The van der Waals surface area contributed by atoms with E-state index in [1.54, 1.807) is 18.2 Å². The summed E-state index contributed by atoms with van der Waals surface area (Å²) >= 11 is 7.50. The zero-order valence-electron chi connectivity index (χ0n) is 10.7. The third-order valence-corrected chi connectivity index (χ3v) is 4.04. The number of nitrogens with zero attached hydrogens (tertiary/aromatic N) is 1. The van der Waals surface area contributed by atoms with Gasteiger partial charge in [-0.15, -0.1) is 11.8 Å². The van der Waals surface area contributed by atoms with Gasteiger partial charge in [-0.25, -0.2) is 9.78 Å². The highest BCUT2D eigenvalue weighted by Crippen LogP contribution is 2.26. The predicted octanol–water partition coefficient (Wildman–Crippen LogP) is 2.82. The number of nitrogens with two attached hydrogens (primary N) is 1. The molecule has 0 unspecified atom stereocenters. The number of carboxylic acids is 1. The van der Waals surface area contributed by atoms with Crippen LogP contribution in [0.1, 0.15) is 26.3 Å². The van der Waals surface area contributed by atoms with Crippen molar-refractivity contribution in [2.45, 2.75) is 10.8 Å². The van der Waals surface area contributed by atoms with Gasteiger partial charge >= 0.3 is 5.97 Å². The first-order valence-electron chi connectivity index (χ1n) is 5.88. The van der Waals surface area contributed by atoms with Crippen LogP contribution in [0.5, 0.6) is 0 Å². The van der Waals surface area contributed by atoms with Crippen LogP contribution in [0.25, 0.3) is 0 Å². The van der Waals surface area contributed by atoms with Crippen LogP contribution < -0.4 is 5.73 Å². The number of thioether (sulfide) groups is 1. The number of benzene rings is 1. The number of carbonyl (C=O) groups excluding carboxylic acids is 1. The lowest BCUT2D eigenvalue weighted by Gasteiger charge is -2.05. The third kappa shape index (κ3) is 3.96.